The summed E-state index contributed by atoms with van der Waals surface area (Å²) in [6.45, 7) is 3.01. The van der Waals surface area contributed by atoms with Crippen LogP contribution < -0.4 is 10.1 Å². The molecular formula is C13H16BrN3O2. The maximum atomic E-state index is 5.74. The van der Waals surface area contributed by atoms with Crippen LogP contribution in [0.2, 0.25) is 0 Å². The van der Waals surface area contributed by atoms with Crippen molar-refractivity contribution >= 4 is 15.9 Å². The summed E-state index contributed by atoms with van der Waals surface area (Å²) >= 11 is 3.45. The highest BCUT2D eigenvalue weighted by Gasteiger charge is 2.08. The molecule has 0 amide bonds. The number of rotatable bonds is 6. The largest absolute Gasteiger partial charge is 0.485 e. The van der Waals surface area contributed by atoms with Gasteiger partial charge in [-0.15, -0.1) is 0 Å². The van der Waals surface area contributed by atoms with Gasteiger partial charge in [-0.1, -0.05) is 28.0 Å². The standard InChI is InChI=1S/C13H16BrN3O2/c1-3-13-16-12(17-19-13)8-18-11-5-4-10(14)6-9(11)7-15-2/h4-6,15H,3,7-8H2,1-2H3. The van der Waals surface area contributed by atoms with E-state index in [2.05, 4.69) is 31.4 Å². The zero-order chi connectivity index (χ0) is 13.7. The molecule has 0 radical (unpaired) electrons. The summed E-state index contributed by atoms with van der Waals surface area (Å²) in [5, 5.41) is 6.97. The first-order valence-electron chi connectivity index (χ1n) is 6.10. The molecule has 1 N–H and O–H groups in total. The number of aryl methyl sites for hydroxylation is 1. The first-order valence-corrected chi connectivity index (χ1v) is 6.89. The van der Waals surface area contributed by atoms with E-state index in [1.165, 1.54) is 0 Å². The van der Waals surface area contributed by atoms with Crippen molar-refractivity contribution in [3.63, 3.8) is 0 Å². The highest BCUT2D eigenvalue weighted by molar-refractivity contribution is 9.10. The van der Waals surface area contributed by atoms with Gasteiger partial charge in [0.25, 0.3) is 0 Å². The molecule has 0 aliphatic heterocycles. The Bertz CT molecular complexity index is 542. The smallest absolute Gasteiger partial charge is 0.226 e. The minimum Gasteiger partial charge on any atom is -0.485 e. The summed E-state index contributed by atoms with van der Waals surface area (Å²) in [5.41, 5.74) is 1.08. The SMILES string of the molecule is CCc1nc(COc2ccc(Br)cc2CNC)no1. The summed E-state index contributed by atoms with van der Waals surface area (Å²) in [6, 6.07) is 5.90. The topological polar surface area (TPSA) is 60.2 Å². The van der Waals surface area contributed by atoms with Gasteiger partial charge in [-0.2, -0.15) is 4.98 Å². The summed E-state index contributed by atoms with van der Waals surface area (Å²) < 4.78 is 11.8. The van der Waals surface area contributed by atoms with E-state index in [-0.39, 0.29) is 0 Å². The van der Waals surface area contributed by atoms with Gasteiger partial charge in [0, 0.05) is 23.0 Å². The number of nitrogens with zero attached hydrogens (tertiary/aromatic N) is 2. The monoisotopic (exact) mass is 325 g/mol. The lowest BCUT2D eigenvalue weighted by Gasteiger charge is -2.10. The Kier molecular flexibility index (Phi) is 4.93. The average Bonchev–Trinajstić information content (AvgIpc) is 2.86. The van der Waals surface area contributed by atoms with Gasteiger partial charge in [0.05, 0.1) is 0 Å². The molecule has 1 heterocycles. The van der Waals surface area contributed by atoms with E-state index < -0.39 is 0 Å². The minimum atomic E-state index is 0.307. The Morgan fingerprint density at radius 3 is 2.95 bits per heavy atom. The molecule has 0 unspecified atom stereocenters. The summed E-state index contributed by atoms with van der Waals surface area (Å²) in [7, 11) is 1.90. The van der Waals surface area contributed by atoms with Crippen molar-refractivity contribution in [3.05, 3.63) is 40.0 Å². The normalized spacial score (nSPS) is 10.7. The zero-order valence-corrected chi connectivity index (χ0v) is 12.5. The molecule has 0 bridgehead atoms. The molecule has 0 fully saturated rings. The van der Waals surface area contributed by atoms with Crippen LogP contribution in [0.3, 0.4) is 0 Å². The maximum Gasteiger partial charge on any atom is 0.226 e. The summed E-state index contributed by atoms with van der Waals surface area (Å²) in [4.78, 5) is 4.21. The lowest BCUT2D eigenvalue weighted by molar-refractivity contribution is 0.282. The van der Waals surface area contributed by atoms with Crippen LogP contribution in [-0.2, 0) is 19.6 Å². The predicted molar refractivity (Wildman–Crippen MR) is 74.9 cm³/mol. The van der Waals surface area contributed by atoms with E-state index in [1.54, 1.807) is 0 Å². The lowest BCUT2D eigenvalue weighted by Crippen LogP contribution is -2.08. The molecular weight excluding hydrogens is 310 g/mol. The number of benzene rings is 1. The highest BCUT2D eigenvalue weighted by atomic mass is 79.9. The van der Waals surface area contributed by atoms with E-state index in [0.29, 0.717) is 18.3 Å². The Labute approximate surface area is 120 Å². The van der Waals surface area contributed by atoms with Crippen LogP contribution in [0.4, 0.5) is 0 Å². The van der Waals surface area contributed by atoms with Gasteiger partial charge in [0.1, 0.15) is 5.75 Å². The van der Waals surface area contributed by atoms with E-state index in [4.69, 9.17) is 9.26 Å². The molecule has 0 aliphatic rings. The Hall–Kier alpha value is -1.40. The molecule has 0 spiro atoms. The fraction of sp³-hybridized carbons (Fsp3) is 0.385. The third-order valence-electron chi connectivity index (χ3n) is 2.56. The van der Waals surface area contributed by atoms with Gasteiger partial charge in [-0.3, -0.25) is 0 Å². The second kappa shape index (κ2) is 6.68. The average molecular weight is 326 g/mol. The number of hydrogen-bond acceptors (Lipinski definition) is 5. The third kappa shape index (κ3) is 3.78. The first-order chi connectivity index (χ1) is 9.22. The van der Waals surface area contributed by atoms with Gasteiger partial charge in [0.15, 0.2) is 6.61 Å². The van der Waals surface area contributed by atoms with E-state index >= 15 is 0 Å². The van der Waals surface area contributed by atoms with Gasteiger partial charge in [0.2, 0.25) is 11.7 Å². The van der Waals surface area contributed by atoms with Crippen molar-refractivity contribution in [2.24, 2.45) is 0 Å². The van der Waals surface area contributed by atoms with E-state index in [0.717, 1.165) is 28.8 Å². The van der Waals surface area contributed by atoms with Crippen molar-refractivity contribution in [3.8, 4) is 5.75 Å². The van der Waals surface area contributed by atoms with Crippen molar-refractivity contribution in [2.75, 3.05) is 7.05 Å². The molecule has 19 heavy (non-hydrogen) atoms. The molecule has 0 saturated heterocycles. The molecule has 6 heteroatoms. The second-order valence-electron chi connectivity index (χ2n) is 4.03. The van der Waals surface area contributed by atoms with E-state index in [9.17, 15) is 0 Å². The van der Waals surface area contributed by atoms with Crippen LogP contribution >= 0.6 is 15.9 Å². The van der Waals surface area contributed by atoms with Gasteiger partial charge in [-0.05, 0) is 25.2 Å². The van der Waals surface area contributed by atoms with Crippen LogP contribution in [0.5, 0.6) is 5.75 Å². The van der Waals surface area contributed by atoms with Crippen molar-refractivity contribution in [2.45, 2.75) is 26.5 Å². The number of ether oxygens (including phenoxy) is 1. The zero-order valence-electron chi connectivity index (χ0n) is 10.9. The van der Waals surface area contributed by atoms with Gasteiger partial charge >= 0.3 is 0 Å². The van der Waals surface area contributed by atoms with Gasteiger partial charge < -0.3 is 14.6 Å². The minimum absolute atomic E-state index is 0.307. The fourth-order valence-electron chi connectivity index (χ4n) is 1.65. The number of halogens is 1. The van der Waals surface area contributed by atoms with Crippen LogP contribution in [-0.4, -0.2) is 17.2 Å². The Balaban J connectivity index is 2.05. The van der Waals surface area contributed by atoms with Gasteiger partial charge in [-0.25, -0.2) is 0 Å². The number of hydrogen-bond donors (Lipinski definition) is 1. The van der Waals surface area contributed by atoms with Crippen molar-refractivity contribution in [1.82, 2.24) is 15.5 Å². The highest BCUT2D eigenvalue weighted by Crippen LogP contribution is 2.23. The van der Waals surface area contributed by atoms with Crippen molar-refractivity contribution < 1.29 is 9.26 Å². The predicted octanol–water partition coefficient (Wildman–Crippen LogP) is 2.69. The summed E-state index contributed by atoms with van der Waals surface area (Å²) in [6.07, 6.45) is 0.732. The molecule has 1 aromatic carbocycles. The van der Waals surface area contributed by atoms with Crippen LogP contribution in [0, 0.1) is 0 Å². The number of nitrogens with one attached hydrogen (secondary N) is 1. The van der Waals surface area contributed by atoms with Crippen LogP contribution in [0.1, 0.15) is 24.2 Å². The molecule has 5 nitrogen and oxygen atoms in total. The molecule has 0 aliphatic carbocycles. The van der Waals surface area contributed by atoms with E-state index in [1.807, 2.05) is 32.2 Å². The molecule has 102 valence electrons. The Morgan fingerprint density at radius 1 is 1.42 bits per heavy atom. The number of aromatic nitrogens is 2. The molecule has 0 saturated carbocycles. The fourth-order valence-corrected chi connectivity index (χ4v) is 2.06. The van der Waals surface area contributed by atoms with Crippen LogP contribution in [0.15, 0.2) is 27.2 Å². The third-order valence-corrected chi connectivity index (χ3v) is 3.05. The molecule has 2 rings (SSSR count). The van der Waals surface area contributed by atoms with Crippen molar-refractivity contribution in [1.29, 1.82) is 0 Å². The van der Waals surface area contributed by atoms with Crippen LogP contribution in [0.25, 0.3) is 0 Å². The Morgan fingerprint density at radius 2 is 2.26 bits per heavy atom. The quantitative estimate of drug-likeness (QED) is 0.884. The summed E-state index contributed by atoms with van der Waals surface area (Å²) in [5.74, 6) is 2.01. The maximum absolute atomic E-state index is 5.74. The molecule has 1 aromatic heterocycles. The molecule has 2 aromatic rings. The second-order valence-corrected chi connectivity index (χ2v) is 4.94. The first kappa shape index (κ1) is 14.0. The molecule has 0 atom stereocenters. The lowest BCUT2D eigenvalue weighted by atomic mass is 10.2.